The van der Waals surface area contributed by atoms with Crippen LogP contribution < -0.4 is 4.74 Å². The van der Waals surface area contributed by atoms with Gasteiger partial charge in [-0.3, -0.25) is 0 Å². The van der Waals surface area contributed by atoms with Crippen LogP contribution >= 0.6 is 0 Å². The van der Waals surface area contributed by atoms with Crippen LogP contribution in [-0.4, -0.2) is 19.8 Å². The van der Waals surface area contributed by atoms with Crippen molar-refractivity contribution in [2.45, 2.75) is 64.6 Å². The SMILES string of the molecule is C=CCCC1COC(c2ccc(-c3ccc(-c4ccc(OCCCCCCCC)c(F)c4F)cc3)cc2F)OC1. The normalized spacial score (nSPS) is 17.1. The van der Waals surface area contributed by atoms with Crippen molar-refractivity contribution >= 4 is 0 Å². The molecule has 3 nitrogen and oxygen atoms in total. The van der Waals surface area contributed by atoms with E-state index in [1.807, 2.05) is 6.08 Å². The Morgan fingerprint density at radius 3 is 2.20 bits per heavy atom. The van der Waals surface area contributed by atoms with E-state index in [2.05, 4.69) is 13.5 Å². The van der Waals surface area contributed by atoms with Crippen molar-refractivity contribution in [3.8, 4) is 28.0 Å². The summed E-state index contributed by atoms with van der Waals surface area (Å²) in [5, 5.41) is 0. The summed E-state index contributed by atoms with van der Waals surface area (Å²) in [6, 6.07) is 14.9. The van der Waals surface area contributed by atoms with Gasteiger partial charge in [-0.25, -0.2) is 8.78 Å². The van der Waals surface area contributed by atoms with Crippen LogP contribution in [0.3, 0.4) is 0 Å². The van der Waals surface area contributed by atoms with Crippen molar-refractivity contribution in [1.82, 2.24) is 0 Å². The van der Waals surface area contributed by atoms with Crippen LogP contribution in [-0.2, 0) is 9.47 Å². The molecule has 1 heterocycles. The first kappa shape index (κ1) is 29.9. The van der Waals surface area contributed by atoms with E-state index in [0.717, 1.165) is 37.7 Å². The van der Waals surface area contributed by atoms with Crippen LogP contribution in [0.15, 0.2) is 67.3 Å². The van der Waals surface area contributed by atoms with Crippen molar-refractivity contribution in [1.29, 1.82) is 0 Å². The predicted octanol–water partition coefficient (Wildman–Crippen LogP) is 9.80. The molecule has 1 aliphatic heterocycles. The van der Waals surface area contributed by atoms with Crippen LogP contribution in [0, 0.1) is 23.4 Å². The quantitative estimate of drug-likeness (QED) is 0.147. The third-order valence-electron chi connectivity index (χ3n) is 7.33. The maximum absolute atomic E-state index is 15.0. The Bertz CT molecular complexity index is 1230. The van der Waals surface area contributed by atoms with Crippen molar-refractivity contribution < 1.29 is 27.4 Å². The standard InChI is InChI=1S/C34H39F3O3/c1-3-5-7-8-9-10-20-38-31-19-18-28(32(36)33(31)37)26-14-12-25(13-15-26)27-16-17-29(30(35)21-27)34-39-22-24(23-40-34)11-6-4-2/h4,12-19,21,24,34H,2-3,5-11,20,22-23H2,1H3. The highest BCUT2D eigenvalue weighted by atomic mass is 19.2. The fourth-order valence-corrected chi connectivity index (χ4v) is 4.91. The summed E-state index contributed by atoms with van der Waals surface area (Å²) in [6.07, 6.45) is 9.51. The lowest BCUT2D eigenvalue weighted by Crippen LogP contribution is -2.27. The van der Waals surface area contributed by atoms with Crippen LogP contribution in [0.4, 0.5) is 13.2 Å². The van der Waals surface area contributed by atoms with Crippen molar-refractivity contribution in [3.63, 3.8) is 0 Å². The first-order valence-electron chi connectivity index (χ1n) is 14.4. The minimum atomic E-state index is -0.982. The second kappa shape index (κ2) is 15.1. The zero-order valence-electron chi connectivity index (χ0n) is 23.3. The molecule has 1 aliphatic rings. The Balaban J connectivity index is 1.36. The lowest BCUT2D eigenvalue weighted by molar-refractivity contribution is -0.207. The van der Waals surface area contributed by atoms with E-state index in [0.29, 0.717) is 36.5 Å². The smallest absolute Gasteiger partial charge is 0.201 e. The second-order valence-corrected chi connectivity index (χ2v) is 10.4. The maximum atomic E-state index is 15.0. The third-order valence-corrected chi connectivity index (χ3v) is 7.33. The molecule has 0 amide bonds. The highest BCUT2D eigenvalue weighted by molar-refractivity contribution is 5.71. The summed E-state index contributed by atoms with van der Waals surface area (Å²) in [6.45, 7) is 7.30. The van der Waals surface area contributed by atoms with E-state index in [1.54, 1.807) is 36.4 Å². The number of benzene rings is 3. The summed E-state index contributed by atoms with van der Waals surface area (Å²) < 4.78 is 61.7. The van der Waals surface area contributed by atoms with Crippen molar-refractivity contribution in [3.05, 3.63) is 90.3 Å². The van der Waals surface area contributed by atoms with E-state index in [9.17, 15) is 8.78 Å². The molecule has 0 bridgehead atoms. The molecule has 0 unspecified atom stereocenters. The van der Waals surface area contributed by atoms with Gasteiger partial charge in [0, 0.05) is 17.0 Å². The molecule has 0 aliphatic carbocycles. The average molecular weight is 553 g/mol. The zero-order chi connectivity index (χ0) is 28.3. The third kappa shape index (κ3) is 7.76. The Hall–Kier alpha value is -3.09. The number of allylic oxidation sites excluding steroid dienone is 1. The monoisotopic (exact) mass is 552 g/mol. The molecule has 1 fully saturated rings. The van der Waals surface area contributed by atoms with Gasteiger partial charge in [0.15, 0.2) is 17.9 Å². The van der Waals surface area contributed by atoms with Gasteiger partial charge in [-0.05, 0) is 54.2 Å². The summed E-state index contributed by atoms with van der Waals surface area (Å²) in [5.74, 6) is -2.13. The van der Waals surface area contributed by atoms with Gasteiger partial charge in [0.2, 0.25) is 5.82 Å². The largest absolute Gasteiger partial charge is 0.490 e. The minimum Gasteiger partial charge on any atom is -0.490 e. The summed E-state index contributed by atoms with van der Waals surface area (Å²) in [5.41, 5.74) is 2.45. The van der Waals surface area contributed by atoms with E-state index < -0.39 is 23.7 Å². The molecule has 0 saturated carbocycles. The number of hydrogen-bond acceptors (Lipinski definition) is 3. The van der Waals surface area contributed by atoms with E-state index in [4.69, 9.17) is 14.2 Å². The Labute approximate surface area is 236 Å². The second-order valence-electron chi connectivity index (χ2n) is 10.4. The number of ether oxygens (including phenoxy) is 3. The summed E-state index contributed by atoms with van der Waals surface area (Å²) >= 11 is 0. The first-order chi connectivity index (χ1) is 19.5. The topological polar surface area (TPSA) is 27.7 Å². The number of rotatable bonds is 14. The molecular formula is C34H39F3O3. The van der Waals surface area contributed by atoms with Gasteiger partial charge < -0.3 is 14.2 Å². The van der Waals surface area contributed by atoms with Crippen LogP contribution in [0.1, 0.15) is 70.1 Å². The highest BCUT2D eigenvalue weighted by Gasteiger charge is 2.25. The van der Waals surface area contributed by atoms with E-state index in [1.165, 1.54) is 37.5 Å². The Morgan fingerprint density at radius 2 is 1.50 bits per heavy atom. The zero-order valence-corrected chi connectivity index (χ0v) is 23.3. The molecule has 3 aromatic rings. The fraction of sp³-hybridized carbons (Fsp3) is 0.412. The lowest BCUT2D eigenvalue weighted by Gasteiger charge is -2.29. The average Bonchev–Trinajstić information content (AvgIpc) is 2.98. The molecule has 0 radical (unpaired) electrons. The molecular weight excluding hydrogens is 513 g/mol. The van der Waals surface area contributed by atoms with Gasteiger partial charge in [0.1, 0.15) is 5.82 Å². The molecule has 6 heteroatoms. The predicted molar refractivity (Wildman–Crippen MR) is 154 cm³/mol. The van der Waals surface area contributed by atoms with Gasteiger partial charge in [-0.15, -0.1) is 6.58 Å². The molecule has 0 spiro atoms. The number of unbranched alkanes of at least 4 members (excludes halogenated alkanes) is 5. The highest BCUT2D eigenvalue weighted by Crippen LogP contribution is 2.34. The molecule has 0 atom stereocenters. The molecule has 1 saturated heterocycles. The number of hydrogen-bond donors (Lipinski definition) is 0. The first-order valence-corrected chi connectivity index (χ1v) is 14.4. The van der Waals surface area contributed by atoms with E-state index in [-0.39, 0.29) is 17.2 Å². The molecule has 4 rings (SSSR count). The molecule has 214 valence electrons. The molecule has 0 N–H and O–H groups in total. The van der Waals surface area contributed by atoms with Gasteiger partial charge in [-0.2, -0.15) is 4.39 Å². The van der Waals surface area contributed by atoms with Gasteiger partial charge in [0.25, 0.3) is 0 Å². The van der Waals surface area contributed by atoms with Crippen molar-refractivity contribution in [2.75, 3.05) is 19.8 Å². The van der Waals surface area contributed by atoms with E-state index >= 15 is 4.39 Å². The summed E-state index contributed by atoms with van der Waals surface area (Å²) in [4.78, 5) is 0. The van der Waals surface area contributed by atoms with Crippen LogP contribution in [0.2, 0.25) is 0 Å². The van der Waals surface area contributed by atoms with Crippen molar-refractivity contribution in [2.24, 2.45) is 5.92 Å². The van der Waals surface area contributed by atoms with Crippen LogP contribution in [0.5, 0.6) is 5.75 Å². The molecule has 40 heavy (non-hydrogen) atoms. The fourth-order valence-electron chi connectivity index (χ4n) is 4.91. The molecule has 3 aromatic carbocycles. The molecule has 0 aromatic heterocycles. The summed E-state index contributed by atoms with van der Waals surface area (Å²) in [7, 11) is 0. The van der Waals surface area contributed by atoms with Gasteiger partial charge in [-0.1, -0.05) is 81.5 Å². The lowest BCUT2D eigenvalue weighted by atomic mass is 9.98. The van der Waals surface area contributed by atoms with Gasteiger partial charge in [0.05, 0.1) is 19.8 Å². The van der Waals surface area contributed by atoms with Gasteiger partial charge >= 0.3 is 0 Å². The Morgan fingerprint density at radius 1 is 0.825 bits per heavy atom. The maximum Gasteiger partial charge on any atom is 0.201 e. The Kier molecular flexibility index (Phi) is 11.2. The van der Waals surface area contributed by atoms with Crippen LogP contribution in [0.25, 0.3) is 22.3 Å². The minimum absolute atomic E-state index is 0.0693. The number of halogens is 3.